The van der Waals surface area contributed by atoms with Crippen LogP contribution in [0.4, 0.5) is 10.8 Å². The average Bonchev–Trinajstić information content (AvgIpc) is 3.63. The number of halogens is 1. The van der Waals surface area contributed by atoms with Crippen LogP contribution >= 0.6 is 34.7 Å². The highest BCUT2D eigenvalue weighted by molar-refractivity contribution is 8.00. The highest BCUT2D eigenvalue weighted by Crippen LogP contribution is 2.38. The Labute approximate surface area is 314 Å². The molecule has 1 atom stereocenters. The number of benzene rings is 5. The Balaban J connectivity index is 1.21. The van der Waals surface area contributed by atoms with E-state index in [0.29, 0.717) is 39.3 Å². The summed E-state index contributed by atoms with van der Waals surface area (Å²) in [6.07, 6.45) is 1.61. The Morgan fingerprint density at radius 2 is 1.56 bits per heavy atom. The summed E-state index contributed by atoms with van der Waals surface area (Å²) in [6.45, 7) is 2.43. The van der Waals surface area contributed by atoms with Crippen LogP contribution in [0.25, 0.3) is 17.3 Å². The normalized spacial score (nSPS) is 11.7. The summed E-state index contributed by atoms with van der Waals surface area (Å²) in [5.41, 5.74) is 4.09. The Hall–Kier alpha value is -5.68. The first-order chi connectivity index (χ1) is 25.3. The topological polar surface area (TPSA) is 109 Å². The molecule has 0 saturated carbocycles. The van der Waals surface area contributed by atoms with Gasteiger partial charge in [0.05, 0.1) is 12.3 Å². The maximum absolute atomic E-state index is 13.8. The van der Waals surface area contributed by atoms with Crippen LogP contribution in [0.1, 0.15) is 33.7 Å². The minimum absolute atomic E-state index is 0.0547. The van der Waals surface area contributed by atoms with Crippen LogP contribution in [0.2, 0.25) is 5.02 Å². The third-order valence-electron chi connectivity index (χ3n) is 7.59. The van der Waals surface area contributed by atoms with Gasteiger partial charge in [0.2, 0.25) is 5.91 Å². The molecule has 260 valence electrons. The van der Waals surface area contributed by atoms with Gasteiger partial charge in [-0.05, 0) is 78.7 Å². The molecule has 1 aromatic heterocycles. The highest BCUT2D eigenvalue weighted by atomic mass is 35.5. The first-order valence-electron chi connectivity index (χ1n) is 16.3. The number of carbonyl (C=O) groups excluding carboxylic acids is 3. The predicted molar refractivity (Wildman–Crippen MR) is 211 cm³/mol. The van der Waals surface area contributed by atoms with Gasteiger partial charge in [-0.15, -0.1) is 23.1 Å². The SMILES string of the molecule is CCOc1ccc(/C=C(/NC(=O)c2ccccc2)C(=O)Nc2cccc(SC(C(=O)Nc3nc(-c4ccc(Cl)cc4)cs3)c3ccccc3)c2)cc1. The van der Waals surface area contributed by atoms with Gasteiger partial charge in [-0.1, -0.05) is 90.5 Å². The van der Waals surface area contributed by atoms with Crippen LogP contribution in [0.3, 0.4) is 0 Å². The zero-order valence-electron chi connectivity index (χ0n) is 27.9. The highest BCUT2D eigenvalue weighted by Gasteiger charge is 2.24. The molecule has 1 unspecified atom stereocenters. The van der Waals surface area contributed by atoms with Gasteiger partial charge in [-0.3, -0.25) is 14.4 Å². The summed E-state index contributed by atoms with van der Waals surface area (Å²) in [5, 5.41) is 11.0. The van der Waals surface area contributed by atoms with Gasteiger partial charge in [-0.2, -0.15) is 0 Å². The monoisotopic (exact) mass is 744 g/mol. The van der Waals surface area contributed by atoms with E-state index in [1.165, 1.54) is 23.1 Å². The molecule has 6 aromatic rings. The van der Waals surface area contributed by atoms with Gasteiger partial charge in [0.25, 0.3) is 11.8 Å². The lowest BCUT2D eigenvalue weighted by Crippen LogP contribution is -2.30. The minimum Gasteiger partial charge on any atom is -0.494 e. The Morgan fingerprint density at radius 3 is 2.27 bits per heavy atom. The van der Waals surface area contributed by atoms with E-state index in [1.807, 2.05) is 79.0 Å². The van der Waals surface area contributed by atoms with Crippen LogP contribution < -0.4 is 20.7 Å². The number of amides is 3. The predicted octanol–water partition coefficient (Wildman–Crippen LogP) is 9.74. The number of anilines is 2. The molecule has 0 aliphatic heterocycles. The van der Waals surface area contributed by atoms with Crippen molar-refractivity contribution in [2.24, 2.45) is 0 Å². The molecule has 6 rings (SSSR count). The second-order valence-electron chi connectivity index (χ2n) is 11.3. The number of rotatable bonds is 13. The lowest BCUT2D eigenvalue weighted by atomic mass is 10.1. The number of nitrogens with one attached hydrogen (secondary N) is 3. The second-order valence-corrected chi connectivity index (χ2v) is 13.8. The summed E-state index contributed by atoms with van der Waals surface area (Å²) in [5.74, 6) is -0.482. The molecule has 3 N–H and O–H groups in total. The van der Waals surface area contributed by atoms with Crippen molar-refractivity contribution in [1.29, 1.82) is 0 Å². The van der Waals surface area contributed by atoms with E-state index in [9.17, 15) is 14.4 Å². The average molecular weight is 745 g/mol. The van der Waals surface area contributed by atoms with Crippen LogP contribution in [0.15, 0.2) is 149 Å². The number of hydrogen-bond acceptors (Lipinski definition) is 7. The molecule has 0 saturated heterocycles. The lowest BCUT2D eigenvalue weighted by Gasteiger charge is -2.17. The molecule has 1 heterocycles. The minimum atomic E-state index is -0.629. The fraction of sp³-hybridized carbons (Fsp3) is 0.0732. The van der Waals surface area contributed by atoms with E-state index in [1.54, 1.807) is 72.8 Å². The van der Waals surface area contributed by atoms with Crippen LogP contribution in [0, 0.1) is 0 Å². The van der Waals surface area contributed by atoms with Crippen molar-refractivity contribution < 1.29 is 19.1 Å². The quantitative estimate of drug-likeness (QED) is 0.0803. The number of carbonyl (C=O) groups is 3. The van der Waals surface area contributed by atoms with Crippen molar-refractivity contribution in [1.82, 2.24) is 10.3 Å². The molecule has 5 aromatic carbocycles. The Bertz CT molecular complexity index is 2170. The number of hydrogen-bond donors (Lipinski definition) is 3. The molecule has 0 spiro atoms. The fourth-order valence-corrected chi connectivity index (χ4v) is 7.01. The molecular formula is C41H33ClN4O4S2. The van der Waals surface area contributed by atoms with Crippen molar-refractivity contribution >= 4 is 69.3 Å². The number of thiazole rings is 1. The Morgan fingerprint density at radius 1 is 0.846 bits per heavy atom. The largest absolute Gasteiger partial charge is 0.494 e. The summed E-state index contributed by atoms with van der Waals surface area (Å²) in [6, 6.07) is 39.9. The van der Waals surface area contributed by atoms with Crippen LogP contribution in [0.5, 0.6) is 5.75 Å². The molecule has 0 aliphatic rings. The molecule has 0 aliphatic carbocycles. The van der Waals surface area contributed by atoms with Gasteiger partial charge in [0, 0.05) is 32.1 Å². The standard InChI is InChI=1S/C41H33ClN4O4S2/c1-2-50-33-22-16-27(17-23-33)24-35(44-38(47)30-12-7-4-8-13-30)39(48)43-32-14-9-15-34(25-32)52-37(29-10-5-3-6-11-29)40(49)46-41-45-36(26-51-41)28-18-20-31(42)21-19-28/h3-26,37H,2H2,1H3,(H,43,48)(H,44,47)(H,45,46,49)/b35-24+. The van der Waals surface area contributed by atoms with Gasteiger partial charge in [0.1, 0.15) is 16.7 Å². The Kier molecular flexibility index (Phi) is 12.2. The molecule has 8 nitrogen and oxygen atoms in total. The molecule has 0 radical (unpaired) electrons. The molecule has 0 fully saturated rings. The van der Waals surface area contributed by atoms with Crippen molar-refractivity contribution in [3.8, 4) is 17.0 Å². The van der Waals surface area contributed by atoms with Crippen molar-refractivity contribution in [2.75, 3.05) is 17.2 Å². The van der Waals surface area contributed by atoms with Gasteiger partial charge in [-0.25, -0.2) is 4.98 Å². The van der Waals surface area contributed by atoms with E-state index in [0.717, 1.165) is 21.7 Å². The summed E-state index contributed by atoms with van der Waals surface area (Å²) >= 11 is 8.73. The van der Waals surface area contributed by atoms with E-state index >= 15 is 0 Å². The van der Waals surface area contributed by atoms with Crippen LogP contribution in [-0.4, -0.2) is 29.3 Å². The van der Waals surface area contributed by atoms with E-state index in [-0.39, 0.29) is 11.6 Å². The number of thioether (sulfide) groups is 1. The van der Waals surface area contributed by atoms with Gasteiger partial charge < -0.3 is 20.7 Å². The molecule has 3 amide bonds. The summed E-state index contributed by atoms with van der Waals surface area (Å²) in [4.78, 5) is 46.0. The molecule has 52 heavy (non-hydrogen) atoms. The second kappa shape index (κ2) is 17.5. The first kappa shape index (κ1) is 36.1. The van der Waals surface area contributed by atoms with Gasteiger partial charge in [0.15, 0.2) is 5.13 Å². The number of nitrogens with zero attached hydrogens (tertiary/aromatic N) is 1. The van der Waals surface area contributed by atoms with E-state index in [4.69, 9.17) is 16.3 Å². The van der Waals surface area contributed by atoms with Gasteiger partial charge >= 0.3 is 0 Å². The van der Waals surface area contributed by atoms with Crippen LogP contribution in [-0.2, 0) is 9.59 Å². The maximum Gasteiger partial charge on any atom is 0.272 e. The number of ether oxygens (including phenoxy) is 1. The molecule has 11 heteroatoms. The fourth-order valence-electron chi connectivity index (χ4n) is 5.07. The van der Waals surface area contributed by atoms with Crippen molar-refractivity contribution in [3.05, 3.63) is 166 Å². The van der Waals surface area contributed by atoms with E-state index < -0.39 is 17.1 Å². The van der Waals surface area contributed by atoms with E-state index in [2.05, 4.69) is 20.9 Å². The maximum atomic E-state index is 13.8. The number of aromatic nitrogens is 1. The third-order valence-corrected chi connectivity index (χ3v) is 9.85. The summed E-state index contributed by atoms with van der Waals surface area (Å²) in [7, 11) is 0. The summed E-state index contributed by atoms with van der Waals surface area (Å²) < 4.78 is 5.54. The van der Waals surface area contributed by atoms with Crippen molar-refractivity contribution in [3.63, 3.8) is 0 Å². The lowest BCUT2D eigenvalue weighted by molar-refractivity contribution is -0.116. The first-order valence-corrected chi connectivity index (χ1v) is 18.4. The molecular weight excluding hydrogens is 712 g/mol. The third kappa shape index (κ3) is 9.76. The van der Waals surface area contributed by atoms with Crippen molar-refractivity contribution in [2.45, 2.75) is 17.1 Å². The zero-order valence-corrected chi connectivity index (χ0v) is 30.3. The smallest absolute Gasteiger partial charge is 0.272 e. The molecule has 0 bridgehead atoms. The zero-order chi connectivity index (χ0) is 36.3.